The number of likely N-dealkylation sites (N-methyl/N-ethyl adjacent to an activating group) is 1. The van der Waals surface area contributed by atoms with Gasteiger partial charge in [0, 0.05) is 19.6 Å². The fourth-order valence-corrected chi connectivity index (χ4v) is 4.64. The lowest BCUT2D eigenvalue weighted by Crippen LogP contribution is -2.32. The van der Waals surface area contributed by atoms with Gasteiger partial charge in [0.15, 0.2) is 0 Å². The Morgan fingerprint density at radius 3 is 2.63 bits per heavy atom. The van der Waals surface area contributed by atoms with E-state index in [0.717, 1.165) is 10.5 Å². The van der Waals surface area contributed by atoms with Crippen molar-refractivity contribution in [3.05, 3.63) is 23.8 Å². The Labute approximate surface area is 179 Å². The van der Waals surface area contributed by atoms with Crippen LogP contribution in [-0.4, -0.2) is 70.5 Å². The molecule has 8 nitrogen and oxygen atoms in total. The molecular formula is C20H28BN3O5S. The molecule has 1 heterocycles. The van der Waals surface area contributed by atoms with Gasteiger partial charge in [-0.2, -0.15) is 0 Å². The van der Waals surface area contributed by atoms with Gasteiger partial charge in [-0.1, -0.05) is 17.6 Å². The number of imide groups is 1. The Kier molecular flexibility index (Phi) is 7.08. The SMILES string of the molecule is [B]c1ccc(C(C)NS(=O)(=O)CCCCN2CC(=O)N(C)C2=O)cc1OCC1CC1. The van der Waals surface area contributed by atoms with Gasteiger partial charge in [-0.25, -0.2) is 17.9 Å². The second kappa shape index (κ2) is 9.39. The number of hydrogen-bond acceptors (Lipinski definition) is 5. The molecule has 1 unspecified atom stereocenters. The molecule has 1 aliphatic carbocycles. The Morgan fingerprint density at radius 2 is 2.00 bits per heavy atom. The number of hydrogen-bond donors (Lipinski definition) is 1. The summed E-state index contributed by atoms with van der Waals surface area (Å²) < 4.78 is 33.3. The van der Waals surface area contributed by atoms with Crippen LogP contribution in [0.15, 0.2) is 18.2 Å². The van der Waals surface area contributed by atoms with Crippen molar-refractivity contribution < 1.29 is 22.7 Å². The van der Waals surface area contributed by atoms with Crippen LogP contribution in [0.3, 0.4) is 0 Å². The molecule has 1 aliphatic heterocycles. The largest absolute Gasteiger partial charge is 0.494 e. The van der Waals surface area contributed by atoms with Crippen LogP contribution in [0.5, 0.6) is 5.75 Å². The first-order valence-electron chi connectivity index (χ1n) is 10.2. The highest BCUT2D eigenvalue weighted by Gasteiger charge is 2.32. The van der Waals surface area contributed by atoms with Crippen molar-refractivity contribution in [2.24, 2.45) is 5.92 Å². The average molecular weight is 433 g/mol. The predicted molar refractivity (Wildman–Crippen MR) is 114 cm³/mol. The lowest BCUT2D eigenvalue weighted by atomic mass is 9.92. The van der Waals surface area contributed by atoms with Gasteiger partial charge in [-0.05, 0) is 50.2 Å². The van der Waals surface area contributed by atoms with E-state index in [1.165, 1.54) is 24.8 Å². The van der Waals surface area contributed by atoms with Crippen LogP contribution in [0.25, 0.3) is 0 Å². The molecule has 2 radical (unpaired) electrons. The third-order valence-electron chi connectivity index (χ3n) is 5.41. The minimum absolute atomic E-state index is 0.0524. The van der Waals surface area contributed by atoms with Crippen LogP contribution in [0, 0.1) is 5.92 Å². The molecule has 3 rings (SSSR count). The molecule has 0 spiro atoms. The summed E-state index contributed by atoms with van der Waals surface area (Å²) in [5.74, 6) is 0.883. The van der Waals surface area contributed by atoms with Crippen molar-refractivity contribution in [2.75, 3.05) is 32.5 Å². The van der Waals surface area contributed by atoms with Gasteiger partial charge in [0.05, 0.1) is 12.4 Å². The number of ether oxygens (including phenoxy) is 1. The number of sulfonamides is 1. The van der Waals surface area contributed by atoms with Gasteiger partial charge in [0.1, 0.15) is 20.1 Å². The maximum absolute atomic E-state index is 12.4. The highest BCUT2D eigenvalue weighted by Crippen LogP contribution is 2.29. The van der Waals surface area contributed by atoms with Gasteiger partial charge in [-0.15, -0.1) is 0 Å². The molecule has 2 fully saturated rings. The van der Waals surface area contributed by atoms with Crippen LogP contribution < -0.4 is 14.9 Å². The van der Waals surface area contributed by atoms with E-state index >= 15 is 0 Å². The third-order valence-corrected chi connectivity index (χ3v) is 6.95. The first-order valence-corrected chi connectivity index (χ1v) is 11.9. The van der Waals surface area contributed by atoms with Gasteiger partial charge in [0.25, 0.3) is 0 Å². The van der Waals surface area contributed by atoms with E-state index in [9.17, 15) is 18.0 Å². The molecule has 1 saturated heterocycles. The quantitative estimate of drug-likeness (QED) is 0.318. The summed E-state index contributed by atoms with van der Waals surface area (Å²) in [4.78, 5) is 25.8. The summed E-state index contributed by atoms with van der Waals surface area (Å²) in [6.07, 6.45) is 3.24. The van der Waals surface area contributed by atoms with E-state index in [0.29, 0.717) is 43.1 Å². The summed E-state index contributed by atoms with van der Waals surface area (Å²) in [5, 5.41) is 0. The highest BCUT2D eigenvalue weighted by atomic mass is 32.2. The summed E-state index contributed by atoms with van der Waals surface area (Å²) in [6, 6.07) is 4.55. The number of nitrogens with zero attached hydrogens (tertiary/aromatic N) is 2. The molecule has 0 bridgehead atoms. The lowest BCUT2D eigenvalue weighted by molar-refractivity contribution is -0.124. The number of benzene rings is 1. The molecule has 1 aromatic carbocycles. The van der Waals surface area contributed by atoms with E-state index in [2.05, 4.69) is 4.72 Å². The summed E-state index contributed by atoms with van der Waals surface area (Å²) in [7, 11) is 3.91. The molecule has 1 atom stereocenters. The van der Waals surface area contributed by atoms with E-state index in [1.807, 2.05) is 0 Å². The Bertz CT molecular complexity index is 904. The topological polar surface area (TPSA) is 96.0 Å². The lowest BCUT2D eigenvalue weighted by Gasteiger charge is -2.18. The minimum atomic E-state index is -3.50. The number of carbonyl (C=O) groups is 2. The Morgan fingerprint density at radius 1 is 1.27 bits per heavy atom. The number of nitrogens with one attached hydrogen (secondary N) is 1. The van der Waals surface area contributed by atoms with E-state index < -0.39 is 16.1 Å². The van der Waals surface area contributed by atoms with Crippen molar-refractivity contribution in [3.63, 3.8) is 0 Å². The fraction of sp³-hybridized carbons (Fsp3) is 0.600. The number of urea groups is 1. The zero-order valence-corrected chi connectivity index (χ0v) is 18.3. The fourth-order valence-electron chi connectivity index (χ4n) is 3.26. The normalized spacial score (nSPS) is 18.2. The number of carbonyl (C=O) groups excluding carboxylic acids is 2. The predicted octanol–water partition coefficient (Wildman–Crippen LogP) is 0.924. The smallest absolute Gasteiger partial charge is 0.326 e. The number of rotatable bonds is 11. The molecule has 10 heteroatoms. The molecule has 1 aromatic rings. The monoisotopic (exact) mass is 433 g/mol. The average Bonchev–Trinajstić information content (AvgIpc) is 3.48. The zero-order chi connectivity index (χ0) is 21.9. The summed E-state index contributed by atoms with van der Waals surface area (Å²) in [5.41, 5.74) is 1.32. The molecule has 2 aliphatic rings. The first kappa shape index (κ1) is 22.6. The molecule has 1 N–H and O–H groups in total. The zero-order valence-electron chi connectivity index (χ0n) is 17.5. The molecule has 0 aromatic heterocycles. The van der Waals surface area contributed by atoms with Gasteiger partial charge < -0.3 is 9.64 Å². The minimum Gasteiger partial charge on any atom is -0.494 e. The van der Waals surface area contributed by atoms with Gasteiger partial charge in [-0.3, -0.25) is 9.69 Å². The van der Waals surface area contributed by atoms with Crippen LogP contribution in [-0.2, 0) is 14.8 Å². The molecule has 3 amide bonds. The molecule has 30 heavy (non-hydrogen) atoms. The Hall–Kier alpha value is -2.07. The van der Waals surface area contributed by atoms with E-state index in [4.69, 9.17) is 12.6 Å². The Balaban J connectivity index is 1.46. The molecule has 162 valence electrons. The second-order valence-corrected chi connectivity index (χ2v) is 9.95. The van der Waals surface area contributed by atoms with Crippen LogP contribution in [0.1, 0.15) is 44.2 Å². The third kappa shape index (κ3) is 5.98. The summed E-state index contributed by atoms with van der Waals surface area (Å²) in [6.45, 7) is 2.83. The molecule has 1 saturated carbocycles. The molecular weight excluding hydrogens is 405 g/mol. The number of unbranched alkanes of at least 4 members (excludes halogenated alkanes) is 1. The van der Waals surface area contributed by atoms with Crippen LogP contribution >= 0.6 is 0 Å². The summed E-state index contributed by atoms with van der Waals surface area (Å²) >= 11 is 0. The maximum Gasteiger partial charge on any atom is 0.326 e. The van der Waals surface area contributed by atoms with Gasteiger partial charge in [0.2, 0.25) is 15.9 Å². The van der Waals surface area contributed by atoms with Crippen molar-refractivity contribution in [3.8, 4) is 5.75 Å². The second-order valence-electron chi connectivity index (χ2n) is 8.07. The number of amides is 3. The first-order chi connectivity index (χ1) is 14.2. The highest BCUT2D eigenvalue weighted by molar-refractivity contribution is 7.89. The van der Waals surface area contributed by atoms with Crippen molar-refractivity contribution >= 4 is 35.3 Å². The maximum atomic E-state index is 12.4. The van der Waals surface area contributed by atoms with Crippen molar-refractivity contribution in [1.82, 2.24) is 14.5 Å². The van der Waals surface area contributed by atoms with Gasteiger partial charge >= 0.3 is 6.03 Å². The van der Waals surface area contributed by atoms with Crippen molar-refractivity contribution in [1.29, 1.82) is 0 Å². The standard InChI is InChI=1S/C20H28BN3O5S/c1-14(16-7-8-17(21)18(11-16)29-13-15-5-6-15)22-30(27,28)10-4-3-9-24-12-19(25)23(2)20(24)26/h7-8,11,14-15,22H,3-6,9-10,12-13H2,1-2H3. The van der Waals surface area contributed by atoms with E-state index in [1.54, 1.807) is 25.1 Å². The van der Waals surface area contributed by atoms with Crippen LogP contribution in [0.2, 0.25) is 0 Å². The van der Waals surface area contributed by atoms with Crippen molar-refractivity contribution in [2.45, 2.75) is 38.6 Å². The van der Waals surface area contributed by atoms with Crippen LogP contribution in [0.4, 0.5) is 4.79 Å². The van der Waals surface area contributed by atoms with E-state index in [-0.39, 0.29) is 24.2 Å².